The minimum atomic E-state index is 0.449. The fourth-order valence-electron chi connectivity index (χ4n) is 3.03. The highest BCUT2D eigenvalue weighted by Gasteiger charge is 2.29. The van der Waals surface area contributed by atoms with Crippen LogP contribution in [0, 0.1) is 0 Å². The molecule has 100 valence electrons. The van der Waals surface area contributed by atoms with Crippen LogP contribution >= 0.6 is 0 Å². The highest BCUT2D eigenvalue weighted by Crippen LogP contribution is 2.19. The number of rotatable bonds is 5. The van der Waals surface area contributed by atoms with Gasteiger partial charge in [0, 0.05) is 38.9 Å². The number of hydrogen-bond acceptors (Lipinski definition) is 4. The first-order valence-electron chi connectivity index (χ1n) is 7.00. The van der Waals surface area contributed by atoms with Crippen LogP contribution in [0.1, 0.15) is 25.7 Å². The third kappa shape index (κ3) is 3.91. The third-order valence-electron chi connectivity index (χ3n) is 4.16. The zero-order chi connectivity index (χ0) is 12.1. The molecule has 2 N–H and O–H groups in total. The van der Waals surface area contributed by atoms with E-state index in [1.807, 2.05) is 0 Å². The molecule has 2 fully saturated rings. The van der Waals surface area contributed by atoms with Gasteiger partial charge in [-0.1, -0.05) is 0 Å². The summed E-state index contributed by atoms with van der Waals surface area (Å²) in [6, 6.07) is 1.23. The number of likely N-dealkylation sites (tertiary alicyclic amines) is 2. The van der Waals surface area contributed by atoms with E-state index >= 15 is 0 Å². The Labute approximate surface area is 105 Å². The van der Waals surface area contributed by atoms with Gasteiger partial charge in [-0.15, -0.1) is 0 Å². The highest BCUT2D eigenvalue weighted by atomic mass is 16.5. The predicted molar refractivity (Wildman–Crippen MR) is 70.1 cm³/mol. The summed E-state index contributed by atoms with van der Waals surface area (Å²) < 4.78 is 5.11. The standard InChI is InChI=1S/C13H27N3O/c1-17-10-2-6-15-7-5-13(11-15)16-8-3-12(14)4-9-16/h12-13H,2-11,14H2,1H3. The fourth-order valence-corrected chi connectivity index (χ4v) is 3.03. The fraction of sp³-hybridized carbons (Fsp3) is 1.00. The van der Waals surface area contributed by atoms with Gasteiger partial charge in [-0.25, -0.2) is 0 Å². The van der Waals surface area contributed by atoms with E-state index in [-0.39, 0.29) is 0 Å². The van der Waals surface area contributed by atoms with Gasteiger partial charge in [-0.3, -0.25) is 4.90 Å². The summed E-state index contributed by atoms with van der Waals surface area (Å²) in [6.07, 6.45) is 4.86. The number of hydrogen-bond donors (Lipinski definition) is 1. The van der Waals surface area contributed by atoms with E-state index in [1.54, 1.807) is 7.11 Å². The second kappa shape index (κ2) is 6.69. The molecule has 2 saturated heterocycles. The summed E-state index contributed by atoms with van der Waals surface area (Å²) in [4.78, 5) is 5.23. The van der Waals surface area contributed by atoms with Crippen LogP contribution in [0.4, 0.5) is 0 Å². The number of piperidine rings is 1. The molecule has 0 aliphatic carbocycles. The van der Waals surface area contributed by atoms with E-state index in [0.717, 1.165) is 19.1 Å². The van der Waals surface area contributed by atoms with Crippen LogP contribution in [0.5, 0.6) is 0 Å². The Morgan fingerprint density at radius 1 is 1.18 bits per heavy atom. The third-order valence-corrected chi connectivity index (χ3v) is 4.16. The number of nitrogens with zero attached hydrogens (tertiary/aromatic N) is 2. The summed E-state index contributed by atoms with van der Waals surface area (Å²) in [5.74, 6) is 0. The molecule has 1 atom stereocenters. The van der Waals surface area contributed by atoms with Gasteiger partial charge < -0.3 is 15.4 Å². The normalized spacial score (nSPS) is 28.9. The maximum Gasteiger partial charge on any atom is 0.0474 e. The second-order valence-corrected chi connectivity index (χ2v) is 5.46. The SMILES string of the molecule is COCCCN1CCC(N2CCC(N)CC2)C1. The van der Waals surface area contributed by atoms with Crippen molar-refractivity contribution in [2.45, 2.75) is 37.8 Å². The van der Waals surface area contributed by atoms with Gasteiger partial charge in [-0.05, 0) is 45.3 Å². The molecule has 2 rings (SSSR count). The van der Waals surface area contributed by atoms with E-state index in [4.69, 9.17) is 10.5 Å². The van der Waals surface area contributed by atoms with E-state index in [1.165, 1.54) is 52.0 Å². The topological polar surface area (TPSA) is 41.7 Å². The van der Waals surface area contributed by atoms with Crippen molar-refractivity contribution in [3.05, 3.63) is 0 Å². The number of nitrogens with two attached hydrogens (primary N) is 1. The van der Waals surface area contributed by atoms with Crippen LogP contribution in [0.2, 0.25) is 0 Å². The summed E-state index contributed by atoms with van der Waals surface area (Å²) >= 11 is 0. The van der Waals surface area contributed by atoms with E-state index in [2.05, 4.69) is 9.80 Å². The Kier molecular flexibility index (Phi) is 5.22. The molecule has 0 aromatic carbocycles. The average Bonchev–Trinajstić information content (AvgIpc) is 2.79. The smallest absolute Gasteiger partial charge is 0.0474 e. The quantitative estimate of drug-likeness (QED) is 0.713. The molecule has 0 amide bonds. The maximum atomic E-state index is 5.95. The van der Waals surface area contributed by atoms with Crippen LogP contribution in [-0.4, -0.2) is 68.3 Å². The summed E-state index contributed by atoms with van der Waals surface area (Å²) in [6.45, 7) is 7.00. The maximum absolute atomic E-state index is 5.95. The Hall–Kier alpha value is -0.160. The zero-order valence-electron chi connectivity index (χ0n) is 11.1. The van der Waals surface area contributed by atoms with Gasteiger partial charge in [0.05, 0.1) is 0 Å². The van der Waals surface area contributed by atoms with Gasteiger partial charge in [-0.2, -0.15) is 0 Å². The molecule has 0 radical (unpaired) electrons. The van der Waals surface area contributed by atoms with Crippen molar-refractivity contribution in [1.82, 2.24) is 9.80 Å². The molecule has 0 spiro atoms. The average molecular weight is 241 g/mol. The van der Waals surface area contributed by atoms with E-state index in [9.17, 15) is 0 Å². The molecule has 0 bridgehead atoms. The number of methoxy groups -OCH3 is 1. The minimum Gasteiger partial charge on any atom is -0.385 e. The lowest BCUT2D eigenvalue weighted by Gasteiger charge is -2.34. The van der Waals surface area contributed by atoms with Crippen molar-refractivity contribution in [3.63, 3.8) is 0 Å². The van der Waals surface area contributed by atoms with Crippen molar-refractivity contribution in [1.29, 1.82) is 0 Å². The molecule has 2 heterocycles. The molecule has 4 heteroatoms. The van der Waals surface area contributed by atoms with Crippen LogP contribution in [-0.2, 0) is 4.74 Å². The largest absolute Gasteiger partial charge is 0.385 e. The molecule has 0 saturated carbocycles. The second-order valence-electron chi connectivity index (χ2n) is 5.46. The van der Waals surface area contributed by atoms with E-state index in [0.29, 0.717) is 6.04 Å². The summed E-state index contributed by atoms with van der Waals surface area (Å²) in [7, 11) is 1.78. The molecule has 2 aliphatic heterocycles. The molecule has 0 aromatic heterocycles. The van der Waals surface area contributed by atoms with Crippen LogP contribution in [0.3, 0.4) is 0 Å². The Bertz CT molecular complexity index is 217. The Morgan fingerprint density at radius 2 is 1.94 bits per heavy atom. The zero-order valence-corrected chi connectivity index (χ0v) is 11.1. The summed E-state index contributed by atoms with van der Waals surface area (Å²) in [5.41, 5.74) is 5.95. The summed E-state index contributed by atoms with van der Waals surface area (Å²) in [5, 5.41) is 0. The first-order chi connectivity index (χ1) is 8.29. The molecule has 0 aromatic rings. The Balaban J connectivity index is 1.66. The molecule has 1 unspecified atom stereocenters. The number of ether oxygens (including phenoxy) is 1. The van der Waals surface area contributed by atoms with Gasteiger partial charge in [0.25, 0.3) is 0 Å². The molecule has 17 heavy (non-hydrogen) atoms. The van der Waals surface area contributed by atoms with Crippen LogP contribution < -0.4 is 5.73 Å². The van der Waals surface area contributed by atoms with Crippen molar-refractivity contribution in [3.8, 4) is 0 Å². The monoisotopic (exact) mass is 241 g/mol. The lowest BCUT2D eigenvalue weighted by molar-refractivity contribution is 0.147. The highest BCUT2D eigenvalue weighted by molar-refractivity contribution is 4.86. The van der Waals surface area contributed by atoms with Gasteiger partial charge in [0.15, 0.2) is 0 Å². The minimum absolute atomic E-state index is 0.449. The van der Waals surface area contributed by atoms with Crippen molar-refractivity contribution in [2.24, 2.45) is 5.73 Å². The molecular formula is C13H27N3O. The lowest BCUT2D eigenvalue weighted by Crippen LogP contribution is -2.46. The van der Waals surface area contributed by atoms with Crippen molar-refractivity contribution < 1.29 is 4.74 Å². The Morgan fingerprint density at radius 3 is 2.65 bits per heavy atom. The van der Waals surface area contributed by atoms with Gasteiger partial charge in [0.2, 0.25) is 0 Å². The first kappa shape index (κ1) is 13.3. The van der Waals surface area contributed by atoms with Crippen molar-refractivity contribution >= 4 is 0 Å². The van der Waals surface area contributed by atoms with Crippen LogP contribution in [0.15, 0.2) is 0 Å². The van der Waals surface area contributed by atoms with Gasteiger partial charge in [0.1, 0.15) is 0 Å². The molecule has 2 aliphatic rings. The first-order valence-corrected chi connectivity index (χ1v) is 7.00. The lowest BCUT2D eigenvalue weighted by atomic mass is 10.0. The van der Waals surface area contributed by atoms with Crippen molar-refractivity contribution in [2.75, 3.05) is 46.4 Å². The predicted octanol–water partition coefficient (Wildman–Crippen LogP) is 0.520. The molecular weight excluding hydrogens is 214 g/mol. The van der Waals surface area contributed by atoms with Gasteiger partial charge >= 0.3 is 0 Å². The molecule has 4 nitrogen and oxygen atoms in total. The van der Waals surface area contributed by atoms with Crippen LogP contribution in [0.25, 0.3) is 0 Å². The van der Waals surface area contributed by atoms with E-state index < -0.39 is 0 Å².